The number of hydrogen-bond acceptors (Lipinski definition) is 1. The minimum Gasteiger partial charge on any atom is -0.350 e. The second kappa shape index (κ2) is 2.98. The lowest BCUT2D eigenvalue weighted by Crippen LogP contribution is -2.51. The molecular formula is C12H19NO. The lowest BCUT2D eigenvalue weighted by Gasteiger charge is -2.37. The highest BCUT2D eigenvalue weighted by Crippen LogP contribution is 2.53. The van der Waals surface area contributed by atoms with E-state index in [0.717, 1.165) is 24.7 Å². The van der Waals surface area contributed by atoms with Crippen LogP contribution in [0.2, 0.25) is 0 Å². The Morgan fingerprint density at radius 1 is 1.29 bits per heavy atom. The van der Waals surface area contributed by atoms with Gasteiger partial charge in [-0.3, -0.25) is 4.79 Å². The van der Waals surface area contributed by atoms with Crippen LogP contribution >= 0.6 is 0 Å². The highest BCUT2D eigenvalue weighted by molar-refractivity contribution is 5.77. The van der Waals surface area contributed by atoms with Gasteiger partial charge in [-0.2, -0.15) is 0 Å². The zero-order valence-corrected chi connectivity index (χ0v) is 8.72. The monoisotopic (exact) mass is 193 g/mol. The Balaban J connectivity index is 1.84. The molecule has 78 valence electrons. The number of nitrogens with one attached hydrogen (secondary N) is 1. The number of fused-ring (bicyclic) bond motifs is 3. The third-order valence-corrected chi connectivity index (χ3v) is 4.64. The third kappa shape index (κ3) is 1.19. The zero-order valence-electron chi connectivity index (χ0n) is 8.72. The van der Waals surface area contributed by atoms with Gasteiger partial charge in [-0.05, 0) is 50.4 Å². The summed E-state index contributed by atoms with van der Waals surface area (Å²) in [5.74, 6) is 2.06. The van der Waals surface area contributed by atoms with Crippen LogP contribution in [0.1, 0.15) is 51.4 Å². The molecule has 0 radical (unpaired) electrons. The molecule has 1 heterocycles. The average molecular weight is 193 g/mol. The molecule has 1 amide bonds. The van der Waals surface area contributed by atoms with Crippen LogP contribution in [0.5, 0.6) is 0 Å². The van der Waals surface area contributed by atoms with Crippen molar-refractivity contribution in [1.82, 2.24) is 5.32 Å². The smallest absolute Gasteiger partial charge is 0.220 e. The average Bonchev–Trinajstić information content (AvgIpc) is 2.67. The highest BCUT2D eigenvalue weighted by atomic mass is 16.1. The summed E-state index contributed by atoms with van der Waals surface area (Å²) in [5, 5.41) is 3.35. The molecule has 0 aromatic heterocycles. The minimum atomic E-state index is 0.247. The summed E-state index contributed by atoms with van der Waals surface area (Å²) < 4.78 is 0. The molecule has 2 saturated carbocycles. The molecule has 3 aliphatic rings. The van der Waals surface area contributed by atoms with E-state index in [0.29, 0.717) is 5.91 Å². The first-order chi connectivity index (χ1) is 6.78. The molecule has 1 N–H and O–H groups in total. The molecule has 3 unspecified atom stereocenters. The maximum atomic E-state index is 11.6. The molecule has 2 bridgehead atoms. The number of hydrogen-bond donors (Lipinski definition) is 1. The molecule has 1 saturated heterocycles. The van der Waals surface area contributed by atoms with Crippen LogP contribution in [0.25, 0.3) is 0 Å². The third-order valence-electron chi connectivity index (χ3n) is 4.64. The van der Waals surface area contributed by atoms with Crippen LogP contribution in [0, 0.1) is 11.8 Å². The van der Waals surface area contributed by atoms with E-state index >= 15 is 0 Å². The normalized spacial score (nSPS) is 46.7. The van der Waals surface area contributed by atoms with Crippen molar-refractivity contribution in [2.75, 3.05) is 0 Å². The van der Waals surface area contributed by atoms with Crippen LogP contribution in [-0.4, -0.2) is 11.4 Å². The molecule has 1 aliphatic heterocycles. The Kier molecular flexibility index (Phi) is 1.86. The number of rotatable bonds is 0. The van der Waals surface area contributed by atoms with Crippen molar-refractivity contribution >= 4 is 5.91 Å². The predicted molar refractivity (Wildman–Crippen MR) is 54.8 cm³/mol. The fraction of sp³-hybridized carbons (Fsp3) is 0.917. The predicted octanol–water partition coefficient (Wildman–Crippen LogP) is 2.24. The van der Waals surface area contributed by atoms with E-state index < -0.39 is 0 Å². The minimum absolute atomic E-state index is 0.247. The van der Waals surface area contributed by atoms with Crippen molar-refractivity contribution in [3.8, 4) is 0 Å². The zero-order chi connectivity index (χ0) is 9.60. The molecule has 3 rings (SSSR count). The lowest BCUT2D eigenvalue weighted by atomic mass is 9.78. The first-order valence-corrected chi connectivity index (χ1v) is 6.09. The van der Waals surface area contributed by atoms with Crippen molar-refractivity contribution < 1.29 is 4.79 Å². The first-order valence-electron chi connectivity index (χ1n) is 6.09. The van der Waals surface area contributed by atoms with Crippen LogP contribution in [-0.2, 0) is 4.79 Å². The van der Waals surface area contributed by atoms with Crippen molar-refractivity contribution in [2.45, 2.75) is 56.9 Å². The fourth-order valence-electron chi connectivity index (χ4n) is 4.03. The Bertz CT molecular complexity index is 263. The van der Waals surface area contributed by atoms with Crippen LogP contribution in [0.15, 0.2) is 0 Å². The van der Waals surface area contributed by atoms with Gasteiger partial charge in [-0.1, -0.05) is 6.42 Å². The second-order valence-electron chi connectivity index (χ2n) is 5.49. The molecule has 14 heavy (non-hydrogen) atoms. The van der Waals surface area contributed by atoms with Gasteiger partial charge in [0.2, 0.25) is 5.91 Å². The summed E-state index contributed by atoms with van der Waals surface area (Å²) in [6, 6.07) is 0. The molecule has 1 spiro atoms. The SMILES string of the molecule is O=C1CCCCC2(CC3CCC2C3)N1. The second-order valence-corrected chi connectivity index (χ2v) is 5.49. The van der Waals surface area contributed by atoms with E-state index in [9.17, 15) is 4.79 Å². The van der Waals surface area contributed by atoms with E-state index in [-0.39, 0.29) is 5.54 Å². The van der Waals surface area contributed by atoms with Crippen molar-refractivity contribution in [1.29, 1.82) is 0 Å². The van der Waals surface area contributed by atoms with Gasteiger partial charge in [0, 0.05) is 12.0 Å². The maximum Gasteiger partial charge on any atom is 0.220 e. The van der Waals surface area contributed by atoms with Gasteiger partial charge < -0.3 is 5.32 Å². The highest BCUT2D eigenvalue weighted by Gasteiger charge is 2.51. The van der Waals surface area contributed by atoms with Crippen LogP contribution in [0.4, 0.5) is 0 Å². The quantitative estimate of drug-likeness (QED) is 0.628. The molecule has 2 aliphatic carbocycles. The Labute approximate surface area is 85.4 Å². The summed E-state index contributed by atoms with van der Waals surface area (Å²) in [7, 11) is 0. The van der Waals surface area contributed by atoms with Gasteiger partial charge in [0.1, 0.15) is 0 Å². The number of amides is 1. The van der Waals surface area contributed by atoms with Gasteiger partial charge in [0.25, 0.3) is 0 Å². The van der Waals surface area contributed by atoms with Crippen molar-refractivity contribution in [2.24, 2.45) is 11.8 Å². The van der Waals surface area contributed by atoms with Crippen LogP contribution < -0.4 is 5.32 Å². The summed E-state index contributed by atoms with van der Waals surface area (Å²) in [5.41, 5.74) is 0.247. The van der Waals surface area contributed by atoms with E-state index in [1.54, 1.807) is 0 Å². The van der Waals surface area contributed by atoms with Crippen LogP contribution in [0.3, 0.4) is 0 Å². The number of carbonyl (C=O) groups is 1. The van der Waals surface area contributed by atoms with Gasteiger partial charge in [-0.15, -0.1) is 0 Å². The molecule has 3 fully saturated rings. The standard InChI is InChI=1S/C12H19NO/c14-11-3-1-2-6-12(13-11)8-9-4-5-10(12)7-9/h9-10H,1-8H2,(H,13,14). The van der Waals surface area contributed by atoms with Gasteiger partial charge in [-0.25, -0.2) is 0 Å². The maximum absolute atomic E-state index is 11.6. The van der Waals surface area contributed by atoms with Gasteiger partial charge in [0.15, 0.2) is 0 Å². The van der Waals surface area contributed by atoms with E-state index in [1.807, 2.05) is 0 Å². The fourth-order valence-corrected chi connectivity index (χ4v) is 4.03. The van der Waals surface area contributed by atoms with Crippen molar-refractivity contribution in [3.63, 3.8) is 0 Å². The van der Waals surface area contributed by atoms with E-state index in [2.05, 4.69) is 5.32 Å². The summed E-state index contributed by atoms with van der Waals surface area (Å²) in [6.45, 7) is 0. The van der Waals surface area contributed by atoms with E-state index in [1.165, 1.54) is 38.5 Å². The Hall–Kier alpha value is -0.530. The van der Waals surface area contributed by atoms with Gasteiger partial charge >= 0.3 is 0 Å². The van der Waals surface area contributed by atoms with E-state index in [4.69, 9.17) is 0 Å². The molecule has 0 aromatic carbocycles. The Morgan fingerprint density at radius 3 is 2.93 bits per heavy atom. The molecular weight excluding hydrogens is 174 g/mol. The van der Waals surface area contributed by atoms with Gasteiger partial charge in [0.05, 0.1) is 0 Å². The topological polar surface area (TPSA) is 29.1 Å². The molecule has 2 heteroatoms. The molecule has 3 atom stereocenters. The largest absolute Gasteiger partial charge is 0.350 e. The summed E-state index contributed by atoms with van der Waals surface area (Å²) in [4.78, 5) is 11.6. The Morgan fingerprint density at radius 2 is 2.21 bits per heavy atom. The first kappa shape index (κ1) is 8.75. The summed E-state index contributed by atoms with van der Waals surface area (Å²) in [6.07, 6.45) is 9.82. The number of carbonyl (C=O) groups excluding carboxylic acids is 1. The lowest BCUT2D eigenvalue weighted by molar-refractivity contribution is -0.123. The summed E-state index contributed by atoms with van der Waals surface area (Å²) >= 11 is 0. The molecule has 0 aromatic rings. The van der Waals surface area contributed by atoms with Crippen molar-refractivity contribution in [3.05, 3.63) is 0 Å². The molecule has 2 nitrogen and oxygen atoms in total.